The van der Waals surface area contributed by atoms with Crippen LogP contribution in [0.2, 0.25) is 0 Å². The quantitative estimate of drug-likeness (QED) is 0.645. The first-order valence-electron chi connectivity index (χ1n) is 8.57. The molecule has 0 bridgehead atoms. The smallest absolute Gasteiger partial charge is 0.269 e. The second-order valence-electron chi connectivity index (χ2n) is 6.03. The Kier molecular flexibility index (Phi) is 4.57. The zero-order valence-electron chi connectivity index (χ0n) is 14.6. The van der Waals surface area contributed by atoms with Gasteiger partial charge in [-0.25, -0.2) is 4.98 Å². The van der Waals surface area contributed by atoms with E-state index in [2.05, 4.69) is 16.0 Å². The molecule has 3 aromatic rings. The van der Waals surface area contributed by atoms with Gasteiger partial charge >= 0.3 is 0 Å². The van der Waals surface area contributed by atoms with Crippen LogP contribution in [-0.4, -0.2) is 28.5 Å². The predicted molar refractivity (Wildman–Crippen MR) is 103 cm³/mol. The van der Waals surface area contributed by atoms with E-state index < -0.39 is 6.10 Å². The minimum atomic E-state index is -0.549. The van der Waals surface area contributed by atoms with Gasteiger partial charge in [-0.1, -0.05) is 13.0 Å². The summed E-state index contributed by atoms with van der Waals surface area (Å²) in [6, 6.07) is 13.4. The van der Waals surface area contributed by atoms with E-state index in [4.69, 9.17) is 10.00 Å². The monoisotopic (exact) mass is 376 g/mol. The summed E-state index contributed by atoms with van der Waals surface area (Å²) in [7, 11) is 0. The number of nitriles is 1. The van der Waals surface area contributed by atoms with Crippen LogP contribution in [0.4, 0.5) is 5.69 Å². The van der Waals surface area contributed by atoms with Gasteiger partial charge in [-0.2, -0.15) is 5.26 Å². The first-order chi connectivity index (χ1) is 13.2. The summed E-state index contributed by atoms with van der Waals surface area (Å²) in [5, 5.41) is 11.9. The molecule has 0 aliphatic carbocycles. The molecule has 0 fully saturated rings. The molecule has 2 aromatic heterocycles. The van der Waals surface area contributed by atoms with Crippen molar-refractivity contribution in [2.45, 2.75) is 19.4 Å². The molecule has 0 N–H and O–H groups in total. The number of thiazole rings is 1. The highest BCUT2D eigenvalue weighted by Gasteiger charge is 2.33. The topological polar surface area (TPSA) is 79.1 Å². The molecule has 1 aliphatic heterocycles. The Morgan fingerprint density at radius 2 is 2.19 bits per heavy atom. The number of nitrogens with zero attached hydrogens (tertiary/aromatic N) is 4. The second-order valence-corrected chi connectivity index (χ2v) is 6.89. The van der Waals surface area contributed by atoms with Gasteiger partial charge in [0.1, 0.15) is 17.3 Å². The van der Waals surface area contributed by atoms with E-state index in [1.165, 1.54) is 16.2 Å². The first-order valence-corrected chi connectivity index (χ1v) is 9.45. The zero-order valence-corrected chi connectivity index (χ0v) is 15.4. The van der Waals surface area contributed by atoms with Crippen molar-refractivity contribution in [1.82, 2.24) is 9.97 Å². The van der Waals surface area contributed by atoms with Gasteiger partial charge in [0, 0.05) is 17.1 Å². The standard InChI is InChI=1S/C20H16N4O2S/c1-2-17-20(25)24(10-8-21)16-11-13(6-7-18(16)26-17)15-12-27-19(23-15)14-5-3-4-9-22-14/h3-7,9,11-12,17H,2,10H2,1H3. The van der Waals surface area contributed by atoms with E-state index in [-0.39, 0.29) is 12.5 Å². The number of ether oxygens (including phenoxy) is 1. The van der Waals surface area contributed by atoms with Crippen molar-refractivity contribution >= 4 is 22.9 Å². The van der Waals surface area contributed by atoms with Crippen molar-refractivity contribution in [3.8, 4) is 33.8 Å². The number of aromatic nitrogens is 2. The van der Waals surface area contributed by atoms with Gasteiger partial charge < -0.3 is 4.74 Å². The first kappa shape index (κ1) is 17.2. The number of amides is 1. The van der Waals surface area contributed by atoms with Gasteiger partial charge in [0.05, 0.1) is 23.1 Å². The van der Waals surface area contributed by atoms with Crippen LogP contribution in [0.25, 0.3) is 22.0 Å². The summed E-state index contributed by atoms with van der Waals surface area (Å²) in [4.78, 5) is 23.1. The van der Waals surface area contributed by atoms with Gasteiger partial charge in [-0.15, -0.1) is 11.3 Å². The molecular formula is C20H16N4O2S. The lowest BCUT2D eigenvalue weighted by molar-refractivity contribution is -0.126. The molecule has 0 spiro atoms. The van der Waals surface area contributed by atoms with Crippen molar-refractivity contribution in [3.05, 3.63) is 48.0 Å². The fourth-order valence-corrected chi connectivity index (χ4v) is 3.79. The maximum absolute atomic E-state index is 12.6. The van der Waals surface area contributed by atoms with E-state index >= 15 is 0 Å². The Hall–Kier alpha value is -3.24. The largest absolute Gasteiger partial charge is 0.478 e. The minimum Gasteiger partial charge on any atom is -0.478 e. The van der Waals surface area contributed by atoms with Crippen LogP contribution in [0.5, 0.6) is 5.75 Å². The summed E-state index contributed by atoms with van der Waals surface area (Å²) in [5.74, 6) is 0.428. The Bertz CT molecular complexity index is 1030. The van der Waals surface area contributed by atoms with Crippen LogP contribution >= 0.6 is 11.3 Å². The molecular weight excluding hydrogens is 360 g/mol. The van der Waals surface area contributed by atoms with Gasteiger partial charge in [-0.3, -0.25) is 14.7 Å². The normalized spacial score (nSPS) is 15.8. The number of pyridine rings is 1. The van der Waals surface area contributed by atoms with E-state index in [0.717, 1.165) is 22.0 Å². The van der Waals surface area contributed by atoms with Crippen LogP contribution in [0.1, 0.15) is 13.3 Å². The summed E-state index contributed by atoms with van der Waals surface area (Å²) >= 11 is 1.51. The average Bonchev–Trinajstić information content (AvgIpc) is 3.20. The van der Waals surface area contributed by atoms with E-state index in [0.29, 0.717) is 17.9 Å². The van der Waals surface area contributed by atoms with E-state index in [1.807, 2.05) is 48.7 Å². The Balaban J connectivity index is 1.72. The molecule has 1 amide bonds. The Morgan fingerprint density at radius 3 is 2.93 bits per heavy atom. The molecule has 1 aliphatic rings. The second kappa shape index (κ2) is 7.17. The highest BCUT2D eigenvalue weighted by atomic mass is 32.1. The molecule has 6 nitrogen and oxygen atoms in total. The van der Waals surface area contributed by atoms with Gasteiger partial charge in [0.15, 0.2) is 6.10 Å². The number of rotatable bonds is 4. The molecule has 1 atom stereocenters. The van der Waals surface area contributed by atoms with Crippen LogP contribution in [0, 0.1) is 11.3 Å². The van der Waals surface area contributed by atoms with Crippen LogP contribution in [0.15, 0.2) is 48.0 Å². The SMILES string of the molecule is CCC1Oc2ccc(-c3csc(-c4ccccn4)n3)cc2N(CC#N)C1=O. The third-order valence-electron chi connectivity index (χ3n) is 4.34. The summed E-state index contributed by atoms with van der Waals surface area (Å²) in [6.45, 7) is 1.88. The molecule has 1 unspecified atom stereocenters. The molecule has 0 saturated carbocycles. The fraction of sp³-hybridized carbons (Fsp3) is 0.200. The van der Waals surface area contributed by atoms with Crippen molar-refractivity contribution in [1.29, 1.82) is 5.26 Å². The third kappa shape index (κ3) is 3.15. The summed E-state index contributed by atoms with van der Waals surface area (Å²) in [6.07, 6.45) is 1.75. The molecule has 1 aromatic carbocycles. The van der Waals surface area contributed by atoms with Crippen LogP contribution in [-0.2, 0) is 4.79 Å². The zero-order chi connectivity index (χ0) is 18.8. The number of anilines is 1. The molecule has 7 heteroatoms. The number of hydrogen-bond acceptors (Lipinski definition) is 6. The Morgan fingerprint density at radius 1 is 1.30 bits per heavy atom. The highest BCUT2D eigenvalue weighted by Crippen LogP contribution is 2.38. The molecule has 0 radical (unpaired) electrons. The number of fused-ring (bicyclic) bond motifs is 1. The van der Waals surface area contributed by atoms with Crippen molar-refractivity contribution in [3.63, 3.8) is 0 Å². The molecule has 134 valence electrons. The minimum absolute atomic E-state index is 0.00853. The lowest BCUT2D eigenvalue weighted by Crippen LogP contribution is -2.45. The predicted octanol–water partition coefficient (Wildman–Crippen LogP) is 3.90. The highest BCUT2D eigenvalue weighted by molar-refractivity contribution is 7.13. The molecule has 4 rings (SSSR count). The summed E-state index contributed by atoms with van der Waals surface area (Å²) < 4.78 is 5.81. The number of carbonyl (C=O) groups is 1. The number of hydrogen-bond donors (Lipinski definition) is 0. The van der Waals surface area contributed by atoms with E-state index in [9.17, 15) is 4.79 Å². The maximum atomic E-state index is 12.6. The van der Waals surface area contributed by atoms with Crippen molar-refractivity contribution in [2.24, 2.45) is 0 Å². The fourth-order valence-electron chi connectivity index (χ4n) is 2.99. The molecule has 27 heavy (non-hydrogen) atoms. The molecule has 3 heterocycles. The number of carbonyl (C=O) groups excluding carboxylic acids is 1. The number of benzene rings is 1. The maximum Gasteiger partial charge on any atom is 0.269 e. The van der Waals surface area contributed by atoms with Crippen LogP contribution < -0.4 is 9.64 Å². The van der Waals surface area contributed by atoms with E-state index in [1.54, 1.807) is 6.20 Å². The lowest BCUT2D eigenvalue weighted by atomic mass is 10.1. The van der Waals surface area contributed by atoms with Crippen molar-refractivity contribution in [2.75, 3.05) is 11.4 Å². The van der Waals surface area contributed by atoms with Gasteiger partial charge in [-0.05, 0) is 36.8 Å². The van der Waals surface area contributed by atoms with Gasteiger partial charge in [0.25, 0.3) is 5.91 Å². The van der Waals surface area contributed by atoms with Crippen LogP contribution in [0.3, 0.4) is 0 Å². The van der Waals surface area contributed by atoms with Gasteiger partial charge in [0.2, 0.25) is 0 Å². The van der Waals surface area contributed by atoms with Crippen molar-refractivity contribution < 1.29 is 9.53 Å². The molecule has 0 saturated heterocycles. The summed E-state index contributed by atoms with van der Waals surface area (Å²) in [5.41, 5.74) is 3.09. The lowest BCUT2D eigenvalue weighted by Gasteiger charge is -2.32. The third-order valence-corrected chi connectivity index (χ3v) is 5.21. The Labute approximate surface area is 160 Å². The average molecular weight is 376 g/mol.